The van der Waals surface area contributed by atoms with Crippen LogP contribution >= 0.6 is 11.3 Å². The number of piperazine rings is 1. The van der Waals surface area contributed by atoms with Crippen LogP contribution in [0.1, 0.15) is 25.7 Å². The molecule has 1 aliphatic carbocycles. The van der Waals surface area contributed by atoms with Crippen molar-refractivity contribution in [3.63, 3.8) is 0 Å². The molecule has 0 atom stereocenters. The summed E-state index contributed by atoms with van der Waals surface area (Å²) in [5.41, 5.74) is 0.844. The molecule has 2 aromatic rings. The zero-order valence-electron chi connectivity index (χ0n) is 15.4. The maximum absolute atomic E-state index is 12.6. The van der Waals surface area contributed by atoms with Gasteiger partial charge in [-0.15, -0.1) is 0 Å². The van der Waals surface area contributed by atoms with Gasteiger partial charge < -0.3 is 19.3 Å². The highest BCUT2D eigenvalue weighted by atomic mass is 32.1. The van der Waals surface area contributed by atoms with Gasteiger partial charge in [0.1, 0.15) is 21.7 Å². The molecule has 1 aliphatic heterocycles. The summed E-state index contributed by atoms with van der Waals surface area (Å²) in [5, 5.41) is 0.968. The maximum Gasteiger partial charge on any atom is 0.225 e. The van der Waals surface area contributed by atoms with Gasteiger partial charge in [-0.2, -0.15) is 0 Å². The fraction of sp³-hybridized carbons (Fsp3) is 0.579. The summed E-state index contributed by atoms with van der Waals surface area (Å²) in [5.74, 6) is 2.20. The Morgan fingerprint density at radius 1 is 1.08 bits per heavy atom. The predicted octanol–water partition coefficient (Wildman–Crippen LogP) is 3.15. The van der Waals surface area contributed by atoms with Crippen molar-refractivity contribution in [2.75, 3.05) is 45.3 Å². The van der Waals surface area contributed by atoms with Crippen LogP contribution in [-0.4, -0.2) is 56.2 Å². The molecular weight excluding hydrogens is 350 g/mol. The summed E-state index contributed by atoms with van der Waals surface area (Å²) >= 11 is 1.63. The van der Waals surface area contributed by atoms with E-state index in [2.05, 4.69) is 4.90 Å². The van der Waals surface area contributed by atoms with E-state index in [4.69, 9.17) is 14.5 Å². The van der Waals surface area contributed by atoms with Crippen LogP contribution in [0.25, 0.3) is 10.2 Å². The van der Waals surface area contributed by atoms with E-state index in [0.29, 0.717) is 5.91 Å². The summed E-state index contributed by atoms with van der Waals surface area (Å²) < 4.78 is 11.9. The quantitative estimate of drug-likeness (QED) is 0.822. The molecular formula is C19H25N3O3S. The minimum absolute atomic E-state index is 0.262. The summed E-state index contributed by atoms with van der Waals surface area (Å²) in [6.45, 7) is 3.20. The van der Waals surface area contributed by atoms with Gasteiger partial charge in [-0.25, -0.2) is 4.98 Å². The Kier molecular flexibility index (Phi) is 4.89. The van der Waals surface area contributed by atoms with Crippen molar-refractivity contribution in [1.82, 2.24) is 9.88 Å². The highest BCUT2D eigenvalue weighted by molar-refractivity contribution is 7.22. The van der Waals surface area contributed by atoms with Crippen molar-refractivity contribution >= 4 is 32.6 Å². The third-order valence-corrected chi connectivity index (χ3v) is 6.60. The molecule has 0 N–H and O–H groups in total. The Morgan fingerprint density at radius 2 is 1.73 bits per heavy atom. The lowest BCUT2D eigenvalue weighted by Crippen LogP contribution is -2.50. The molecule has 0 radical (unpaired) electrons. The number of aromatic nitrogens is 1. The number of hydrogen-bond donors (Lipinski definition) is 0. The van der Waals surface area contributed by atoms with Gasteiger partial charge in [0.2, 0.25) is 5.91 Å². The molecule has 1 saturated carbocycles. The number of anilines is 1. The molecule has 1 aromatic heterocycles. The zero-order chi connectivity index (χ0) is 18.1. The Hall–Kier alpha value is -2.02. The third-order valence-electron chi connectivity index (χ3n) is 5.47. The van der Waals surface area contributed by atoms with Gasteiger partial charge >= 0.3 is 0 Å². The van der Waals surface area contributed by atoms with Gasteiger partial charge in [0.25, 0.3) is 0 Å². The largest absolute Gasteiger partial charge is 0.495 e. The van der Waals surface area contributed by atoms with Crippen LogP contribution in [0.5, 0.6) is 11.5 Å². The third kappa shape index (κ3) is 3.09. The summed E-state index contributed by atoms with van der Waals surface area (Å²) in [6.07, 6.45) is 4.53. The second-order valence-electron chi connectivity index (χ2n) is 6.94. The average Bonchev–Trinajstić information content (AvgIpc) is 3.36. The molecule has 2 fully saturated rings. The number of rotatable bonds is 4. The standard InChI is InChI=1S/C19H25N3O3S/c1-24-14-7-8-15(25-2)17-16(14)20-19(26-17)22-11-9-21(10-12-22)18(23)13-5-3-4-6-13/h7-8,13H,3-6,9-12H2,1-2H3. The Balaban J connectivity index is 1.50. The molecule has 140 valence electrons. The van der Waals surface area contributed by atoms with Gasteiger partial charge in [0.05, 0.1) is 14.2 Å². The van der Waals surface area contributed by atoms with Gasteiger partial charge in [-0.3, -0.25) is 4.79 Å². The van der Waals surface area contributed by atoms with E-state index in [9.17, 15) is 4.79 Å². The summed E-state index contributed by atoms with van der Waals surface area (Å²) in [7, 11) is 3.34. The SMILES string of the molecule is COc1ccc(OC)c2sc(N3CCN(C(=O)C4CCCC4)CC3)nc12. The number of carbonyl (C=O) groups excluding carboxylic acids is 1. The molecule has 0 bridgehead atoms. The smallest absolute Gasteiger partial charge is 0.225 e. The van der Waals surface area contributed by atoms with Crippen LogP contribution in [0.15, 0.2) is 12.1 Å². The lowest BCUT2D eigenvalue weighted by atomic mass is 10.1. The van der Waals surface area contributed by atoms with E-state index in [1.54, 1.807) is 25.6 Å². The molecule has 1 aromatic carbocycles. The normalized spacial score (nSPS) is 18.5. The zero-order valence-corrected chi connectivity index (χ0v) is 16.2. The first-order valence-electron chi connectivity index (χ1n) is 9.26. The first-order valence-corrected chi connectivity index (χ1v) is 10.1. The Morgan fingerprint density at radius 3 is 2.38 bits per heavy atom. The van der Waals surface area contributed by atoms with E-state index in [0.717, 1.165) is 65.9 Å². The van der Waals surface area contributed by atoms with Crippen molar-refractivity contribution in [2.45, 2.75) is 25.7 Å². The van der Waals surface area contributed by atoms with Crippen molar-refractivity contribution in [3.8, 4) is 11.5 Å². The van der Waals surface area contributed by atoms with Gasteiger partial charge in [0.15, 0.2) is 5.13 Å². The fourth-order valence-corrected chi connectivity index (χ4v) is 5.08. The first kappa shape index (κ1) is 17.4. The Bertz CT molecular complexity index is 752. The minimum Gasteiger partial charge on any atom is -0.495 e. The Labute approximate surface area is 157 Å². The second-order valence-corrected chi connectivity index (χ2v) is 7.92. The van der Waals surface area contributed by atoms with Crippen LogP contribution in [0.2, 0.25) is 0 Å². The van der Waals surface area contributed by atoms with Crippen LogP contribution < -0.4 is 14.4 Å². The average molecular weight is 375 g/mol. The monoisotopic (exact) mass is 375 g/mol. The van der Waals surface area contributed by atoms with E-state index >= 15 is 0 Å². The number of fused-ring (bicyclic) bond motifs is 1. The van der Waals surface area contributed by atoms with Crippen molar-refractivity contribution in [2.24, 2.45) is 5.92 Å². The number of amides is 1. The van der Waals surface area contributed by atoms with Gasteiger partial charge in [-0.1, -0.05) is 24.2 Å². The topological polar surface area (TPSA) is 54.9 Å². The number of thiazole rings is 1. The highest BCUT2D eigenvalue weighted by Gasteiger charge is 2.30. The minimum atomic E-state index is 0.262. The number of methoxy groups -OCH3 is 2. The fourth-order valence-electron chi connectivity index (χ4n) is 3.96. The van der Waals surface area contributed by atoms with Gasteiger partial charge in [0, 0.05) is 32.1 Å². The van der Waals surface area contributed by atoms with E-state index in [-0.39, 0.29) is 5.92 Å². The van der Waals surface area contributed by atoms with Crippen molar-refractivity contribution in [3.05, 3.63) is 12.1 Å². The lowest BCUT2D eigenvalue weighted by molar-refractivity contribution is -0.135. The van der Waals surface area contributed by atoms with Crippen molar-refractivity contribution < 1.29 is 14.3 Å². The molecule has 26 heavy (non-hydrogen) atoms. The number of ether oxygens (including phenoxy) is 2. The molecule has 6 nitrogen and oxygen atoms in total. The first-order chi connectivity index (χ1) is 12.7. The highest BCUT2D eigenvalue weighted by Crippen LogP contribution is 2.40. The molecule has 1 saturated heterocycles. The van der Waals surface area contributed by atoms with E-state index in [1.165, 1.54) is 12.8 Å². The predicted molar refractivity (Wildman–Crippen MR) is 103 cm³/mol. The number of benzene rings is 1. The molecule has 2 heterocycles. The molecule has 0 unspecified atom stereocenters. The van der Waals surface area contributed by atoms with Gasteiger partial charge in [-0.05, 0) is 25.0 Å². The number of carbonyl (C=O) groups is 1. The van der Waals surface area contributed by atoms with Crippen LogP contribution in [0.3, 0.4) is 0 Å². The number of nitrogens with zero attached hydrogens (tertiary/aromatic N) is 3. The van der Waals surface area contributed by atoms with E-state index < -0.39 is 0 Å². The molecule has 1 amide bonds. The molecule has 2 aliphatic rings. The maximum atomic E-state index is 12.6. The van der Waals surface area contributed by atoms with Crippen LogP contribution in [-0.2, 0) is 4.79 Å². The van der Waals surface area contributed by atoms with Crippen molar-refractivity contribution in [1.29, 1.82) is 0 Å². The number of hydrogen-bond acceptors (Lipinski definition) is 6. The molecule has 7 heteroatoms. The van der Waals surface area contributed by atoms with Crippen LogP contribution in [0, 0.1) is 5.92 Å². The summed E-state index contributed by atoms with van der Waals surface area (Å²) in [4.78, 5) is 21.7. The lowest BCUT2D eigenvalue weighted by Gasteiger charge is -2.35. The second kappa shape index (κ2) is 7.31. The summed E-state index contributed by atoms with van der Waals surface area (Å²) in [6, 6.07) is 3.81. The molecule has 0 spiro atoms. The van der Waals surface area contributed by atoms with E-state index in [1.807, 2.05) is 17.0 Å². The molecule has 4 rings (SSSR count). The van der Waals surface area contributed by atoms with Crippen LogP contribution in [0.4, 0.5) is 5.13 Å².